The molecule has 2 atom stereocenters. The molecule has 0 radical (unpaired) electrons. The number of anilines is 1. The smallest absolute Gasteiger partial charge is 0.270 e. The molecular weight excluding hydrogens is 386 g/mol. The summed E-state index contributed by atoms with van der Waals surface area (Å²) in [4.78, 5) is 25.5. The fraction of sp³-hybridized carbons (Fsp3) is 0.400. The van der Waals surface area contributed by atoms with Crippen molar-refractivity contribution in [2.24, 2.45) is 7.05 Å². The van der Waals surface area contributed by atoms with Gasteiger partial charge in [-0.25, -0.2) is 0 Å². The fourth-order valence-corrected chi connectivity index (χ4v) is 4.46. The number of nitrogens with zero attached hydrogens (tertiary/aromatic N) is 5. The number of pyridine rings is 2. The van der Waals surface area contributed by atoms with Gasteiger partial charge >= 0.3 is 0 Å². The minimum Gasteiger partial charge on any atom is -0.362 e. The molecule has 2 aromatic heterocycles. The van der Waals surface area contributed by atoms with Crippen LogP contribution in [-0.4, -0.2) is 46.2 Å². The summed E-state index contributed by atoms with van der Waals surface area (Å²) < 4.78 is 1.60. The van der Waals surface area contributed by atoms with Gasteiger partial charge in [0.1, 0.15) is 0 Å². The van der Waals surface area contributed by atoms with E-state index in [9.17, 15) is 4.79 Å². The molecule has 6 nitrogen and oxygen atoms in total. The molecule has 6 heteroatoms. The molecule has 3 aromatic rings. The zero-order chi connectivity index (χ0) is 22.1. The van der Waals surface area contributed by atoms with E-state index < -0.39 is 0 Å². The number of fused-ring (bicyclic) bond motifs is 1. The van der Waals surface area contributed by atoms with Crippen molar-refractivity contribution in [1.82, 2.24) is 14.5 Å². The first-order valence-electron chi connectivity index (χ1n) is 10.8. The van der Waals surface area contributed by atoms with Gasteiger partial charge in [-0.15, -0.1) is 4.98 Å². The van der Waals surface area contributed by atoms with Gasteiger partial charge in [0.05, 0.1) is 11.2 Å². The number of benzene rings is 1. The molecular formula is C25H29N5O. The molecule has 0 unspecified atom stereocenters. The van der Waals surface area contributed by atoms with Crippen LogP contribution in [0.4, 0.5) is 11.5 Å². The van der Waals surface area contributed by atoms with Gasteiger partial charge in [0.25, 0.3) is 11.4 Å². The molecule has 1 saturated heterocycles. The number of aromatic nitrogens is 2. The quantitative estimate of drug-likeness (QED) is 0.606. The zero-order valence-electron chi connectivity index (χ0n) is 18.7. The van der Waals surface area contributed by atoms with Crippen molar-refractivity contribution < 1.29 is 0 Å². The Morgan fingerprint density at radius 1 is 1.10 bits per heavy atom. The minimum atomic E-state index is -0.0542. The fourth-order valence-electron chi connectivity index (χ4n) is 4.46. The van der Waals surface area contributed by atoms with Gasteiger partial charge < -0.3 is 14.3 Å². The van der Waals surface area contributed by atoms with Gasteiger partial charge in [-0.3, -0.25) is 9.69 Å². The second kappa shape index (κ2) is 8.52. The normalized spacial score (nSPS) is 19.5. The second-order valence-electron chi connectivity index (χ2n) is 8.66. The Morgan fingerprint density at radius 2 is 1.84 bits per heavy atom. The lowest BCUT2D eigenvalue weighted by molar-refractivity contribution is 0.168. The Kier molecular flexibility index (Phi) is 5.79. The van der Waals surface area contributed by atoms with Crippen molar-refractivity contribution in [1.29, 1.82) is 0 Å². The van der Waals surface area contributed by atoms with Crippen molar-refractivity contribution >= 4 is 22.5 Å². The first-order valence-corrected chi connectivity index (χ1v) is 10.8. The number of rotatable bonds is 4. The maximum absolute atomic E-state index is 12.6. The van der Waals surface area contributed by atoms with Crippen LogP contribution in [0.25, 0.3) is 15.9 Å². The number of piperazine rings is 1. The lowest BCUT2D eigenvalue weighted by atomic mass is 10.0. The van der Waals surface area contributed by atoms with E-state index in [4.69, 9.17) is 6.57 Å². The molecule has 0 amide bonds. The summed E-state index contributed by atoms with van der Waals surface area (Å²) >= 11 is 0. The number of aryl methyl sites for hydroxylation is 2. The van der Waals surface area contributed by atoms with Crippen LogP contribution in [0.3, 0.4) is 0 Å². The highest BCUT2D eigenvalue weighted by atomic mass is 16.1. The Bertz CT molecular complexity index is 1190. The molecule has 31 heavy (non-hydrogen) atoms. The molecule has 0 aliphatic carbocycles. The van der Waals surface area contributed by atoms with Crippen LogP contribution < -0.4 is 10.5 Å². The van der Waals surface area contributed by atoms with Crippen molar-refractivity contribution in [2.75, 3.05) is 24.5 Å². The highest BCUT2D eigenvalue weighted by Crippen LogP contribution is 2.30. The largest absolute Gasteiger partial charge is 0.362 e. The van der Waals surface area contributed by atoms with E-state index in [2.05, 4.69) is 64.7 Å². The lowest BCUT2D eigenvalue weighted by Crippen LogP contribution is -2.57. The van der Waals surface area contributed by atoms with E-state index in [0.29, 0.717) is 11.9 Å². The predicted molar refractivity (Wildman–Crippen MR) is 126 cm³/mol. The van der Waals surface area contributed by atoms with Crippen molar-refractivity contribution in [3.05, 3.63) is 75.4 Å². The summed E-state index contributed by atoms with van der Waals surface area (Å²) in [5, 5.41) is 0. The summed E-state index contributed by atoms with van der Waals surface area (Å²) in [5.41, 5.74) is 4.92. The molecule has 0 saturated carbocycles. The Hall–Kier alpha value is -3.17. The monoisotopic (exact) mass is 415 g/mol. The van der Waals surface area contributed by atoms with Crippen molar-refractivity contribution in [3.8, 4) is 0 Å². The predicted octanol–water partition coefficient (Wildman–Crippen LogP) is 3.93. The third kappa shape index (κ3) is 4.19. The first kappa shape index (κ1) is 21.1. The molecule has 0 N–H and O–H groups in total. The molecule has 0 bridgehead atoms. The average Bonchev–Trinajstić information content (AvgIpc) is 2.77. The first-order chi connectivity index (χ1) is 14.9. The van der Waals surface area contributed by atoms with Crippen LogP contribution >= 0.6 is 0 Å². The molecule has 4 rings (SSSR count). The molecule has 1 aliphatic rings. The van der Waals surface area contributed by atoms with Gasteiger partial charge in [0.15, 0.2) is 0 Å². The van der Waals surface area contributed by atoms with Gasteiger partial charge in [0.2, 0.25) is 5.52 Å². The topological polar surface area (TPSA) is 45.7 Å². The minimum absolute atomic E-state index is 0.0542. The van der Waals surface area contributed by atoms with E-state index in [1.807, 2.05) is 6.07 Å². The molecule has 0 spiro atoms. The molecule has 1 aliphatic heterocycles. The molecule has 3 heterocycles. The van der Waals surface area contributed by atoms with Crippen LogP contribution in [0.1, 0.15) is 25.0 Å². The van der Waals surface area contributed by atoms with Crippen molar-refractivity contribution in [2.45, 2.75) is 39.3 Å². The Balaban J connectivity index is 1.59. The van der Waals surface area contributed by atoms with Crippen molar-refractivity contribution in [3.63, 3.8) is 0 Å². The molecule has 160 valence electrons. The summed E-state index contributed by atoms with van der Waals surface area (Å²) in [6.45, 7) is 16.6. The van der Waals surface area contributed by atoms with E-state index in [0.717, 1.165) is 42.8 Å². The number of hydrogen-bond acceptors (Lipinski definition) is 4. The maximum Gasteiger partial charge on any atom is 0.270 e. The molecule has 1 fully saturated rings. The number of hydrogen-bond donors (Lipinski definition) is 0. The van der Waals surface area contributed by atoms with E-state index in [1.165, 1.54) is 11.1 Å². The summed E-state index contributed by atoms with van der Waals surface area (Å²) in [6, 6.07) is 14.5. The van der Waals surface area contributed by atoms with Gasteiger partial charge in [-0.1, -0.05) is 36.4 Å². The summed E-state index contributed by atoms with van der Waals surface area (Å²) in [5.74, 6) is 0.352. The van der Waals surface area contributed by atoms with Gasteiger partial charge in [-0.2, -0.15) is 0 Å². The van der Waals surface area contributed by atoms with Crippen LogP contribution in [0.5, 0.6) is 0 Å². The van der Waals surface area contributed by atoms with Gasteiger partial charge in [-0.05, 0) is 44.9 Å². The maximum atomic E-state index is 12.6. The van der Waals surface area contributed by atoms with Crippen LogP contribution in [0, 0.1) is 13.5 Å². The highest BCUT2D eigenvalue weighted by Gasteiger charge is 2.31. The van der Waals surface area contributed by atoms with E-state index in [-0.39, 0.29) is 11.6 Å². The third-order valence-corrected chi connectivity index (χ3v) is 6.40. The lowest BCUT2D eigenvalue weighted by Gasteiger charge is -2.45. The SMILES string of the molecule is [C-]#[N+]c1ccc2c(n1)c(N1C[C@@H](C)N(CCc3ccc(C)cc3)C[C@@H]1C)cc(=O)n2C. The average molecular weight is 416 g/mol. The second-order valence-corrected chi connectivity index (χ2v) is 8.66. The molecule has 1 aromatic carbocycles. The van der Waals surface area contributed by atoms with Gasteiger partial charge in [0, 0.05) is 44.8 Å². The zero-order valence-corrected chi connectivity index (χ0v) is 18.7. The highest BCUT2D eigenvalue weighted by molar-refractivity contribution is 5.89. The van der Waals surface area contributed by atoms with Crippen LogP contribution in [0.15, 0.2) is 47.3 Å². The summed E-state index contributed by atoms with van der Waals surface area (Å²) in [7, 11) is 1.75. The third-order valence-electron chi connectivity index (χ3n) is 6.40. The Labute approximate surface area is 183 Å². The van der Waals surface area contributed by atoms with E-state index in [1.54, 1.807) is 23.7 Å². The Morgan fingerprint density at radius 3 is 2.55 bits per heavy atom. The van der Waals surface area contributed by atoms with E-state index >= 15 is 0 Å². The standard InChI is InChI=1S/C25H29N5O/c1-17-6-8-20(9-7-17)12-13-29-15-19(3)30(16-18(29)2)22-14-24(31)28(5)21-10-11-23(26-4)27-25(21)22/h6-11,14,18-19H,12-13,15-16H2,1-3,5H3/t18-,19+/m1/s1. The van der Waals surface area contributed by atoms with Crippen LogP contribution in [-0.2, 0) is 13.5 Å². The van der Waals surface area contributed by atoms with Crippen LogP contribution in [0.2, 0.25) is 0 Å². The summed E-state index contributed by atoms with van der Waals surface area (Å²) in [6.07, 6.45) is 1.03.